The first-order chi connectivity index (χ1) is 23.1. The number of hydrogen-bond acceptors (Lipinski definition) is 7. The number of aliphatic hydroxyl groups is 1. The van der Waals surface area contributed by atoms with Crippen LogP contribution in [0.15, 0.2) is 72.8 Å². The molecule has 3 aromatic rings. The van der Waals surface area contributed by atoms with E-state index in [0.717, 1.165) is 19.3 Å². The number of carbonyl (C=O) groups is 3. The zero-order valence-electron chi connectivity index (χ0n) is 28.5. The Morgan fingerprint density at radius 3 is 2.42 bits per heavy atom. The van der Waals surface area contributed by atoms with Gasteiger partial charge in [-0.2, -0.15) is 0 Å². The van der Waals surface area contributed by atoms with Gasteiger partial charge in [-0.3, -0.25) is 9.59 Å². The van der Waals surface area contributed by atoms with E-state index in [0.29, 0.717) is 35.0 Å². The predicted octanol–water partition coefficient (Wildman–Crippen LogP) is 5.91. The van der Waals surface area contributed by atoms with Crippen molar-refractivity contribution in [2.45, 2.75) is 58.3 Å². The summed E-state index contributed by atoms with van der Waals surface area (Å²) < 4.78 is 17.9. The molecule has 0 radical (unpaired) electrons. The van der Waals surface area contributed by atoms with Gasteiger partial charge in [0.15, 0.2) is 0 Å². The zero-order valence-corrected chi connectivity index (χ0v) is 28.5. The van der Waals surface area contributed by atoms with Crippen molar-refractivity contribution in [1.29, 1.82) is 0 Å². The van der Waals surface area contributed by atoms with E-state index in [2.05, 4.69) is 10.6 Å². The van der Waals surface area contributed by atoms with Gasteiger partial charge in [-0.1, -0.05) is 25.1 Å². The Hall–Kier alpha value is -4.61. The number of urea groups is 1. The highest BCUT2D eigenvalue weighted by Gasteiger charge is 2.31. The molecule has 0 aromatic heterocycles. The number of amides is 4. The van der Waals surface area contributed by atoms with Crippen molar-refractivity contribution in [3.63, 3.8) is 0 Å². The van der Waals surface area contributed by atoms with E-state index >= 15 is 0 Å². The molecule has 0 unspecified atom stereocenters. The molecular formula is C37H48N4O7. The fraction of sp³-hybridized carbons (Fsp3) is 0.432. The molecule has 3 N–H and O–H groups in total. The quantitative estimate of drug-likeness (QED) is 0.274. The minimum atomic E-state index is -0.530. The zero-order chi connectivity index (χ0) is 34.6. The Labute approximate surface area is 283 Å². The van der Waals surface area contributed by atoms with Crippen LogP contribution < -0.4 is 20.1 Å². The number of rotatable bonds is 8. The second-order valence-electron chi connectivity index (χ2n) is 12.4. The lowest BCUT2D eigenvalue weighted by atomic mass is 10.0. The third-order valence-corrected chi connectivity index (χ3v) is 8.49. The lowest BCUT2D eigenvalue weighted by Gasteiger charge is -2.35. The number of nitrogens with one attached hydrogen (secondary N) is 2. The minimum absolute atomic E-state index is 0.185. The molecule has 0 aliphatic carbocycles. The summed E-state index contributed by atoms with van der Waals surface area (Å²) in [6.07, 6.45) is 1.80. The van der Waals surface area contributed by atoms with Crippen LogP contribution in [0.1, 0.15) is 60.7 Å². The largest absolute Gasteiger partial charge is 0.497 e. The van der Waals surface area contributed by atoms with Crippen LogP contribution in [0.3, 0.4) is 0 Å². The Bertz CT molecular complexity index is 1500. The van der Waals surface area contributed by atoms with Crippen molar-refractivity contribution in [3.8, 4) is 11.5 Å². The first-order valence-electron chi connectivity index (χ1n) is 16.5. The van der Waals surface area contributed by atoms with Gasteiger partial charge in [0.05, 0.1) is 37.5 Å². The third-order valence-electron chi connectivity index (χ3n) is 8.49. The van der Waals surface area contributed by atoms with Gasteiger partial charge in [0.25, 0.3) is 11.8 Å². The van der Waals surface area contributed by atoms with Gasteiger partial charge in [0.2, 0.25) is 0 Å². The smallest absolute Gasteiger partial charge is 0.321 e. The molecule has 0 spiro atoms. The van der Waals surface area contributed by atoms with Crippen molar-refractivity contribution >= 4 is 29.2 Å². The summed E-state index contributed by atoms with van der Waals surface area (Å²) in [5.74, 6) is 0.241. The fourth-order valence-electron chi connectivity index (χ4n) is 5.50. The highest BCUT2D eigenvalue weighted by Crippen LogP contribution is 2.29. The van der Waals surface area contributed by atoms with Gasteiger partial charge in [-0.15, -0.1) is 0 Å². The molecule has 3 aromatic carbocycles. The number of methoxy groups -OCH3 is 1. The molecule has 4 atom stereocenters. The molecule has 258 valence electrons. The number of aliphatic hydroxyl groups excluding tert-OH is 1. The number of hydrogen-bond donors (Lipinski definition) is 3. The average molecular weight is 661 g/mol. The summed E-state index contributed by atoms with van der Waals surface area (Å²) in [5.41, 5.74) is 1.86. The maximum atomic E-state index is 14.4. The number of likely N-dealkylation sites (N-methyl/N-ethyl adjacent to an activating group) is 1. The number of benzene rings is 3. The Morgan fingerprint density at radius 2 is 1.73 bits per heavy atom. The summed E-state index contributed by atoms with van der Waals surface area (Å²) in [6.45, 7) is 6.47. The van der Waals surface area contributed by atoms with Crippen molar-refractivity contribution in [1.82, 2.24) is 9.80 Å². The molecule has 0 saturated carbocycles. The molecule has 0 fully saturated rings. The van der Waals surface area contributed by atoms with Crippen LogP contribution in [-0.4, -0.2) is 91.5 Å². The number of nitrogens with zero attached hydrogens (tertiary/aromatic N) is 2. The second-order valence-corrected chi connectivity index (χ2v) is 12.4. The number of ether oxygens (including phenoxy) is 3. The minimum Gasteiger partial charge on any atom is -0.497 e. The average Bonchev–Trinajstić information content (AvgIpc) is 3.10. The maximum Gasteiger partial charge on any atom is 0.321 e. The molecule has 11 heteroatoms. The highest BCUT2D eigenvalue weighted by atomic mass is 16.5. The molecule has 11 nitrogen and oxygen atoms in total. The van der Waals surface area contributed by atoms with Crippen molar-refractivity contribution in [2.75, 3.05) is 51.1 Å². The summed E-state index contributed by atoms with van der Waals surface area (Å²) >= 11 is 0. The van der Waals surface area contributed by atoms with Crippen LogP contribution >= 0.6 is 0 Å². The Balaban J connectivity index is 1.58. The predicted molar refractivity (Wildman–Crippen MR) is 186 cm³/mol. The van der Waals surface area contributed by atoms with Gasteiger partial charge in [-0.25, -0.2) is 4.79 Å². The number of carbonyl (C=O) groups excluding carboxylic acids is 3. The van der Waals surface area contributed by atoms with Crippen LogP contribution in [0.25, 0.3) is 0 Å². The molecule has 48 heavy (non-hydrogen) atoms. The number of fused-ring (bicyclic) bond motifs is 1. The van der Waals surface area contributed by atoms with Gasteiger partial charge in [0, 0.05) is 49.6 Å². The van der Waals surface area contributed by atoms with E-state index in [1.165, 1.54) is 0 Å². The molecule has 0 bridgehead atoms. The lowest BCUT2D eigenvalue weighted by Crippen LogP contribution is -2.48. The third kappa shape index (κ3) is 9.95. The van der Waals surface area contributed by atoms with Crippen LogP contribution in [0.2, 0.25) is 0 Å². The summed E-state index contributed by atoms with van der Waals surface area (Å²) in [7, 11) is 3.29. The molecule has 0 saturated heterocycles. The highest BCUT2D eigenvalue weighted by molar-refractivity contribution is 6.05. The van der Waals surface area contributed by atoms with Crippen LogP contribution in [0.4, 0.5) is 16.2 Å². The van der Waals surface area contributed by atoms with Crippen molar-refractivity contribution in [2.24, 2.45) is 5.92 Å². The van der Waals surface area contributed by atoms with E-state index in [1.54, 1.807) is 97.6 Å². The molecule has 1 aliphatic heterocycles. The van der Waals surface area contributed by atoms with Crippen molar-refractivity contribution < 1.29 is 33.7 Å². The van der Waals surface area contributed by atoms with Crippen LogP contribution in [-0.2, 0) is 4.74 Å². The van der Waals surface area contributed by atoms with Gasteiger partial charge in [0.1, 0.15) is 11.5 Å². The second kappa shape index (κ2) is 17.5. The maximum absolute atomic E-state index is 14.4. The van der Waals surface area contributed by atoms with Gasteiger partial charge in [-0.05, 0) is 87.7 Å². The van der Waals surface area contributed by atoms with E-state index < -0.39 is 12.1 Å². The normalized spacial score (nSPS) is 19.6. The SMILES string of the molecule is COc1ccc(NC(=O)N(C)C[C@H]2OCCCC[C@@H](C)Oc3ccc(NC(=O)c4ccccc4)cc3C(=O)N([C@@H](C)CO)C[C@@H]2C)cc1. The van der Waals surface area contributed by atoms with E-state index in [1.807, 2.05) is 19.9 Å². The van der Waals surface area contributed by atoms with Crippen LogP contribution in [0, 0.1) is 5.92 Å². The fourth-order valence-corrected chi connectivity index (χ4v) is 5.50. The lowest BCUT2D eigenvalue weighted by molar-refractivity contribution is -0.0115. The Kier molecular flexibility index (Phi) is 13.2. The van der Waals surface area contributed by atoms with E-state index in [9.17, 15) is 19.5 Å². The standard InChI is InChI=1S/C37H48N4O7/c1-25-22-41(26(2)24-42)36(44)32-21-30(38-35(43)28-12-7-6-8-13-28)16-19-33(32)48-27(3)11-9-10-20-47-34(25)23-40(4)37(45)39-29-14-17-31(46-5)18-15-29/h6-8,12-19,21,25-27,34,42H,9-11,20,22-24H2,1-5H3,(H,38,43)(H,39,45)/t25-,26-,27+,34+/m0/s1. The first kappa shape index (κ1) is 36.2. The Morgan fingerprint density at radius 1 is 1.02 bits per heavy atom. The summed E-state index contributed by atoms with van der Waals surface area (Å²) in [6, 6.07) is 20.2. The first-order valence-corrected chi connectivity index (χ1v) is 16.5. The molecular weight excluding hydrogens is 612 g/mol. The van der Waals surface area contributed by atoms with E-state index in [4.69, 9.17) is 14.2 Å². The van der Waals surface area contributed by atoms with Crippen molar-refractivity contribution in [3.05, 3.63) is 83.9 Å². The van der Waals surface area contributed by atoms with Gasteiger partial charge < -0.3 is 39.8 Å². The number of anilines is 2. The monoisotopic (exact) mass is 660 g/mol. The molecule has 4 amide bonds. The topological polar surface area (TPSA) is 130 Å². The van der Waals surface area contributed by atoms with Crippen LogP contribution in [0.5, 0.6) is 11.5 Å². The van der Waals surface area contributed by atoms with E-state index in [-0.39, 0.29) is 55.1 Å². The summed E-state index contributed by atoms with van der Waals surface area (Å²) in [5, 5.41) is 16.0. The molecule has 1 aliphatic rings. The molecule has 4 rings (SSSR count). The summed E-state index contributed by atoms with van der Waals surface area (Å²) in [4.78, 5) is 43.6. The molecule has 1 heterocycles. The van der Waals surface area contributed by atoms with Gasteiger partial charge >= 0.3 is 6.03 Å².